The number of aliphatic carboxylic acids is 1. The fraction of sp³-hybridized carbons (Fsp3) is 0.238. The van der Waals surface area contributed by atoms with Crippen molar-refractivity contribution in [2.75, 3.05) is 0 Å². The summed E-state index contributed by atoms with van der Waals surface area (Å²) in [6.07, 6.45) is -0.573. The van der Waals surface area contributed by atoms with E-state index in [1.165, 1.54) is 6.92 Å². The summed E-state index contributed by atoms with van der Waals surface area (Å²) >= 11 is 0. The molecule has 3 aromatic rings. The number of carboxylic acids is 1. The third-order valence-electron chi connectivity index (χ3n) is 4.36. The zero-order valence-electron chi connectivity index (χ0n) is 14.9. The first-order valence-electron chi connectivity index (χ1n) is 8.37. The highest BCUT2D eigenvalue weighted by Crippen LogP contribution is 2.32. The third-order valence-corrected chi connectivity index (χ3v) is 4.36. The minimum Gasteiger partial charge on any atom is -0.479 e. The number of rotatable bonds is 5. The fourth-order valence-electron chi connectivity index (χ4n) is 2.98. The molecule has 0 amide bonds. The van der Waals surface area contributed by atoms with Gasteiger partial charge in [-0.25, -0.2) is 9.59 Å². The first-order chi connectivity index (χ1) is 12.4. The molecule has 5 heteroatoms. The predicted octanol–water partition coefficient (Wildman–Crippen LogP) is 3.85. The third kappa shape index (κ3) is 3.47. The maximum absolute atomic E-state index is 12.5. The van der Waals surface area contributed by atoms with Crippen LogP contribution in [0.4, 0.5) is 0 Å². The number of ether oxygens (including phenoxy) is 1. The molecule has 0 aliphatic heterocycles. The lowest BCUT2D eigenvalue weighted by Gasteiger charge is -2.16. The number of carboxylic acid groups (broad SMARTS) is 1. The second-order valence-electron chi connectivity index (χ2n) is 6.39. The van der Waals surface area contributed by atoms with Crippen LogP contribution in [0.3, 0.4) is 0 Å². The summed E-state index contributed by atoms with van der Waals surface area (Å²) in [5.41, 5.74) is 3.12. The molecule has 26 heavy (non-hydrogen) atoms. The maximum atomic E-state index is 12.5. The van der Waals surface area contributed by atoms with Crippen molar-refractivity contribution in [2.45, 2.75) is 33.3 Å². The minimum absolute atomic E-state index is 0.387. The molecule has 0 spiro atoms. The van der Waals surface area contributed by atoms with Gasteiger partial charge in [-0.3, -0.25) is 0 Å². The van der Waals surface area contributed by atoms with Crippen molar-refractivity contribution in [2.24, 2.45) is 0 Å². The van der Waals surface area contributed by atoms with Crippen LogP contribution in [0, 0.1) is 13.8 Å². The van der Waals surface area contributed by atoms with Crippen LogP contribution < -0.4 is 10.4 Å². The first kappa shape index (κ1) is 17.7. The van der Waals surface area contributed by atoms with Gasteiger partial charge < -0.3 is 14.3 Å². The number of hydrogen-bond donors (Lipinski definition) is 1. The topological polar surface area (TPSA) is 76.7 Å². The average Bonchev–Trinajstić information content (AvgIpc) is 2.58. The van der Waals surface area contributed by atoms with Gasteiger partial charge in [0, 0.05) is 12.0 Å². The molecular weight excluding hydrogens is 332 g/mol. The first-order valence-corrected chi connectivity index (χ1v) is 8.37. The lowest BCUT2D eigenvalue weighted by molar-refractivity contribution is -0.144. The van der Waals surface area contributed by atoms with Crippen LogP contribution >= 0.6 is 0 Å². The molecule has 1 atom stereocenters. The summed E-state index contributed by atoms with van der Waals surface area (Å²) in [6, 6.07) is 13.2. The standard InChI is InChI=1S/C21H20O5/c1-12-9-17(25-14(3)20(22)23)19-13(2)16(21(24)26-18(19)10-12)11-15-7-5-4-6-8-15/h4-10,14H,11H2,1-3H3,(H,22,23). The SMILES string of the molecule is Cc1cc(OC(C)C(=O)O)c2c(C)c(Cc3ccccc3)c(=O)oc2c1. The Morgan fingerprint density at radius 1 is 1.19 bits per heavy atom. The van der Waals surface area contributed by atoms with Crippen molar-refractivity contribution >= 4 is 16.9 Å². The Bertz CT molecular complexity index is 1020. The van der Waals surface area contributed by atoms with E-state index in [1.807, 2.05) is 44.2 Å². The van der Waals surface area contributed by atoms with Crippen LogP contribution in [0.15, 0.2) is 51.7 Å². The van der Waals surface area contributed by atoms with Crippen molar-refractivity contribution in [1.82, 2.24) is 0 Å². The molecule has 0 saturated heterocycles. The molecule has 3 rings (SSSR count). The smallest absolute Gasteiger partial charge is 0.344 e. The van der Waals surface area contributed by atoms with Gasteiger partial charge in [0.25, 0.3) is 0 Å². The Morgan fingerprint density at radius 2 is 1.88 bits per heavy atom. The van der Waals surface area contributed by atoms with E-state index in [2.05, 4.69) is 0 Å². The number of hydrogen-bond acceptors (Lipinski definition) is 4. The normalized spacial score (nSPS) is 12.1. The Hall–Kier alpha value is -3.08. The van der Waals surface area contributed by atoms with Gasteiger partial charge in [-0.05, 0) is 49.6 Å². The zero-order chi connectivity index (χ0) is 18.8. The van der Waals surface area contributed by atoms with E-state index < -0.39 is 12.1 Å². The Morgan fingerprint density at radius 3 is 2.54 bits per heavy atom. The van der Waals surface area contributed by atoms with Gasteiger partial charge in [0.2, 0.25) is 0 Å². The van der Waals surface area contributed by atoms with Crippen LogP contribution in [0.2, 0.25) is 0 Å². The molecule has 0 aliphatic carbocycles. The molecule has 0 bridgehead atoms. The number of aryl methyl sites for hydroxylation is 2. The lowest BCUT2D eigenvalue weighted by Crippen LogP contribution is -2.23. The van der Waals surface area contributed by atoms with Crippen LogP contribution in [0.25, 0.3) is 11.0 Å². The van der Waals surface area contributed by atoms with E-state index in [4.69, 9.17) is 14.3 Å². The molecule has 1 N–H and O–H groups in total. The largest absolute Gasteiger partial charge is 0.479 e. The van der Waals surface area contributed by atoms with Gasteiger partial charge in [0.15, 0.2) is 6.10 Å². The molecule has 0 saturated carbocycles. The molecular formula is C21H20O5. The summed E-state index contributed by atoms with van der Waals surface area (Å²) < 4.78 is 11.2. The summed E-state index contributed by atoms with van der Waals surface area (Å²) in [7, 11) is 0. The van der Waals surface area contributed by atoms with Gasteiger partial charge in [0.05, 0.1) is 5.39 Å². The van der Waals surface area contributed by atoms with Gasteiger partial charge in [-0.2, -0.15) is 0 Å². The Kier molecular flexibility index (Phi) is 4.80. The van der Waals surface area contributed by atoms with E-state index in [0.717, 1.165) is 16.7 Å². The summed E-state index contributed by atoms with van der Waals surface area (Å²) in [6.45, 7) is 5.14. The van der Waals surface area contributed by atoms with E-state index in [0.29, 0.717) is 28.7 Å². The predicted molar refractivity (Wildman–Crippen MR) is 98.9 cm³/mol. The van der Waals surface area contributed by atoms with E-state index in [9.17, 15) is 9.59 Å². The van der Waals surface area contributed by atoms with Crippen molar-refractivity contribution in [3.63, 3.8) is 0 Å². The van der Waals surface area contributed by atoms with Crippen molar-refractivity contribution < 1.29 is 19.1 Å². The molecule has 2 aromatic carbocycles. The number of benzene rings is 2. The Labute approximate surface area is 150 Å². The van der Waals surface area contributed by atoms with Crippen molar-refractivity contribution in [1.29, 1.82) is 0 Å². The van der Waals surface area contributed by atoms with Gasteiger partial charge in [0.1, 0.15) is 11.3 Å². The van der Waals surface area contributed by atoms with Gasteiger partial charge >= 0.3 is 11.6 Å². The van der Waals surface area contributed by atoms with Gasteiger partial charge in [-0.1, -0.05) is 30.3 Å². The second kappa shape index (κ2) is 7.04. The molecule has 1 heterocycles. The maximum Gasteiger partial charge on any atom is 0.344 e. The second-order valence-corrected chi connectivity index (χ2v) is 6.39. The van der Waals surface area contributed by atoms with Crippen LogP contribution in [-0.2, 0) is 11.2 Å². The zero-order valence-corrected chi connectivity index (χ0v) is 14.9. The number of fused-ring (bicyclic) bond motifs is 1. The van der Waals surface area contributed by atoms with Crippen molar-refractivity contribution in [3.05, 3.63) is 75.1 Å². The highest BCUT2D eigenvalue weighted by Gasteiger charge is 2.19. The minimum atomic E-state index is -1.06. The molecule has 0 radical (unpaired) electrons. The summed E-state index contributed by atoms with van der Waals surface area (Å²) in [5.74, 6) is -0.648. The van der Waals surface area contributed by atoms with E-state index in [-0.39, 0.29) is 5.63 Å². The highest BCUT2D eigenvalue weighted by molar-refractivity contribution is 5.88. The fourth-order valence-corrected chi connectivity index (χ4v) is 2.98. The monoisotopic (exact) mass is 352 g/mol. The van der Waals surface area contributed by atoms with Crippen LogP contribution in [0.1, 0.15) is 29.2 Å². The van der Waals surface area contributed by atoms with Crippen LogP contribution in [0.5, 0.6) is 5.75 Å². The molecule has 0 aliphatic rings. The average molecular weight is 352 g/mol. The summed E-state index contributed by atoms with van der Waals surface area (Å²) in [5, 5.41) is 9.78. The molecule has 5 nitrogen and oxygen atoms in total. The van der Waals surface area contributed by atoms with E-state index in [1.54, 1.807) is 12.1 Å². The summed E-state index contributed by atoms with van der Waals surface area (Å²) in [4.78, 5) is 23.7. The molecule has 1 aromatic heterocycles. The lowest BCUT2D eigenvalue weighted by atomic mass is 9.98. The Balaban J connectivity index is 2.18. The van der Waals surface area contributed by atoms with Crippen molar-refractivity contribution in [3.8, 4) is 5.75 Å². The highest BCUT2D eigenvalue weighted by atomic mass is 16.5. The molecule has 0 fully saturated rings. The van der Waals surface area contributed by atoms with Gasteiger partial charge in [-0.15, -0.1) is 0 Å². The number of carbonyl (C=O) groups is 1. The van der Waals surface area contributed by atoms with Crippen LogP contribution in [-0.4, -0.2) is 17.2 Å². The van der Waals surface area contributed by atoms with E-state index >= 15 is 0 Å². The molecule has 1 unspecified atom stereocenters. The quantitative estimate of drug-likeness (QED) is 0.706. The molecule has 134 valence electrons.